The number of aromatic nitrogens is 3. The summed E-state index contributed by atoms with van der Waals surface area (Å²) >= 11 is 5.05. The lowest BCUT2D eigenvalue weighted by Crippen LogP contribution is -2.21. The van der Waals surface area contributed by atoms with Crippen LogP contribution in [0.4, 0.5) is 23.2 Å². The Bertz CT molecular complexity index is 761. The molecule has 0 aliphatic rings. The summed E-state index contributed by atoms with van der Waals surface area (Å²) in [7, 11) is 0. The molecule has 0 fully saturated rings. The van der Waals surface area contributed by atoms with E-state index in [-0.39, 0.29) is 5.92 Å². The van der Waals surface area contributed by atoms with Gasteiger partial charge in [-0.3, -0.25) is 9.20 Å². The van der Waals surface area contributed by atoms with E-state index in [4.69, 9.17) is 21.5 Å². The number of hydrogen-bond donors (Lipinski definition) is 2. The van der Waals surface area contributed by atoms with Gasteiger partial charge in [0.05, 0.1) is 5.69 Å². The van der Waals surface area contributed by atoms with Crippen LogP contribution in [-0.2, 0) is 9.59 Å². The topological polar surface area (TPSA) is 96.6 Å². The summed E-state index contributed by atoms with van der Waals surface area (Å²) in [5.41, 5.74) is -0.956. The Morgan fingerprint density at radius 1 is 1.28 bits per heavy atom. The Kier molecular flexibility index (Phi) is 6.68. The van der Waals surface area contributed by atoms with Gasteiger partial charge in [0.2, 0.25) is 0 Å². The van der Waals surface area contributed by atoms with Crippen LogP contribution < -0.4 is 5.32 Å². The van der Waals surface area contributed by atoms with Crippen LogP contribution in [0.5, 0.6) is 0 Å². The molecule has 2 N–H and O–H groups in total. The van der Waals surface area contributed by atoms with E-state index < -0.39 is 23.7 Å². The van der Waals surface area contributed by atoms with Gasteiger partial charge in [0.15, 0.2) is 5.65 Å². The number of carbonyl (C=O) groups is 2. The number of halogens is 5. The van der Waals surface area contributed by atoms with Crippen molar-refractivity contribution in [2.24, 2.45) is 0 Å². The fraction of sp³-hybridized carbons (Fsp3) is 0.385. The maximum Gasteiger partial charge on any atom is 0.490 e. The minimum atomic E-state index is -5.08. The molecule has 2 aromatic rings. The first-order chi connectivity index (χ1) is 11.4. The monoisotopic (exact) mass is 384 g/mol. The molecule has 0 aromatic carbocycles. The Hall–Kier alpha value is -2.43. The molecule has 1 atom stereocenters. The van der Waals surface area contributed by atoms with Gasteiger partial charge in [-0.05, 0) is 12.1 Å². The van der Waals surface area contributed by atoms with Gasteiger partial charge in [0, 0.05) is 12.1 Å². The lowest BCUT2D eigenvalue weighted by atomic mass is 10.2. The molecule has 0 aliphatic heterocycles. The van der Waals surface area contributed by atoms with Crippen molar-refractivity contribution in [2.45, 2.75) is 31.6 Å². The number of fused-ring (bicyclic) bond motifs is 1. The van der Waals surface area contributed by atoms with Crippen LogP contribution in [0.2, 0.25) is 0 Å². The number of pyridine rings is 1. The predicted octanol–water partition coefficient (Wildman–Crippen LogP) is 2.96. The van der Waals surface area contributed by atoms with Crippen molar-refractivity contribution in [3.8, 4) is 0 Å². The zero-order chi connectivity index (χ0) is 19.4. The lowest BCUT2D eigenvalue weighted by molar-refractivity contribution is -0.192. The van der Waals surface area contributed by atoms with Crippen molar-refractivity contribution in [1.82, 2.24) is 14.6 Å². The highest BCUT2D eigenvalue weighted by atomic mass is 35.5. The van der Waals surface area contributed by atoms with Crippen LogP contribution in [0.25, 0.3) is 5.65 Å². The summed E-state index contributed by atoms with van der Waals surface area (Å²) in [6.45, 7) is 3.97. The van der Waals surface area contributed by atoms with E-state index in [1.165, 1.54) is 0 Å². The molecule has 1 amide bonds. The molecule has 0 spiro atoms. The molecular formula is C13H13ClF4N4O3. The normalized spacial score (nSPS) is 12.5. The predicted molar refractivity (Wildman–Crippen MR) is 80.1 cm³/mol. The van der Waals surface area contributed by atoms with Gasteiger partial charge in [0.1, 0.15) is 5.82 Å². The molecule has 0 saturated carbocycles. The number of carboxylic acid groups (broad SMARTS) is 1. The van der Waals surface area contributed by atoms with Crippen LogP contribution in [-0.4, -0.2) is 43.4 Å². The summed E-state index contributed by atoms with van der Waals surface area (Å²) in [6, 6.07) is 3.31. The zero-order valence-corrected chi connectivity index (χ0v) is 13.6. The summed E-state index contributed by atoms with van der Waals surface area (Å²) in [6.07, 6.45) is -3.44. The molecule has 2 rings (SSSR count). The standard InChI is InChI=1S/C11H12ClFN4O.C2HF3O2/c1-6(2)10-16-15-8-4-3-7(5-17(8)10)14-11(18)9(12)13;3-2(4,5)1(6)7/h3-6,9H,1-2H3,(H,14,18);(H,6,7). The van der Waals surface area contributed by atoms with E-state index in [9.17, 15) is 22.4 Å². The zero-order valence-electron chi connectivity index (χ0n) is 12.9. The quantitative estimate of drug-likeness (QED) is 0.626. The van der Waals surface area contributed by atoms with Gasteiger partial charge in [0.25, 0.3) is 11.5 Å². The molecule has 138 valence electrons. The van der Waals surface area contributed by atoms with E-state index in [0.29, 0.717) is 11.3 Å². The van der Waals surface area contributed by atoms with Crippen molar-refractivity contribution >= 4 is 34.8 Å². The van der Waals surface area contributed by atoms with E-state index in [2.05, 4.69) is 15.5 Å². The molecule has 7 nitrogen and oxygen atoms in total. The van der Waals surface area contributed by atoms with Crippen molar-refractivity contribution < 1.29 is 32.3 Å². The van der Waals surface area contributed by atoms with Crippen molar-refractivity contribution in [2.75, 3.05) is 5.32 Å². The maximum atomic E-state index is 12.6. The van der Waals surface area contributed by atoms with Gasteiger partial charge in [-0.2, -0.15) is 13.2 Å². The van der Waals surface area contributed by atoms with Crippen LogP contribution >= 0.6 is 11.6 Å². The average Bonchev–Trinajstić information content (AvgIpc) is 2.90. The first kappa shape index (κ1) is 20.6. The number of carboxylic acids is 1. The van der Waals surface area contributed by atoms with Crippen molar-refractivity contribution in [1.29, 1.82) is 0 Å². The molecule has 0 aliphatic carbocycles. The molecule has 0 saturated heterocycles. The number of alkyl halides is 5. The second-order valence-electron chi connectivity index (χ2n) is 4.95. The largest absolute Gasteiger partial charge is 0.490 e. The minimum absolute atomic E-state index is 0.188. The molecule has 2 aromatic heterocycles. The average molecular weight is 385 g/mol. The first-order valence-electron chi connectivity index (χ1n) is 6.67. The summed E-state index contributed by atoms with van der Waals surface area (Å²) in [5, 5.41) is 17.5. The molecule has 0 bridgehead atoms. The summed E-state index contributed by atoms with van der Waals surface area (Å²) < 4.78 is 46.1. The number of nitrogens with zero attached hydrogens (tertiary/aromatic N) is 3. The second-order valence-corrected chi connectivity index (χ2v) is 5.33. The van der Waals surface area contributed by atoms with Gasteiger partial charge < -0.3 is 10.4 Å². The third-order valence-corrected chi connectivity index (χ3v) is 2.85. The highest BCUT2D eigenvalue weighted by molar-refractivity contribution is 6.31. The van der Waals surface area contributed by atoms with Gasteiger partial charge >= 0.3 is 12.1 Å². The molecular weight excluding hydrogens is 372 g/mol. The SMILES string of the molecule is CC(C)c1nnc2ccc(NC(=O)C(F)Cl)cn12.O=C(O)C(F)(F)F. The Balaban J connectivity index is 0.000000381. The number of carbonyl (C=O) groups excluding carboxylic acids is 1. The molecule has 25 heavy (non-hydrogen) atoms. The summed E-state index contributed by atoms with van der Waals surface area (Å²) in [4.78, 5) is 20.0. The highest BCUT2D eigenvalue weighted by Crippen LogP contribution is 2.17. The third kappa shape index (κ3) is 5.85. The minimum Gasteiger partial charge on any atom is -0.475 e. The first-order valence-corrected chi connectivity index (χ1v) is 7.11. The Labute approximate surface area is 143 Å². The number of rotatable bonds is 3. The van der Waals surface area contributed by atoms with Crippen molar-refractivity contribution in [3.63, 3.8) is 0 Å². The van der Waals surface area contributed by atoms with Crippen LogP contribution in [0.3, 0.4) is 0 Å². The maximum absolute atomic E-state index is 12.6. The summed E-state index contributed by atoms with van der Waals surface area (Å²) in [5.74, 6) is -2.70. The van der Waals surface area contributed by atoms with Crippen LogP contribution in [0.1, 0.15) is 25.6 Å². The number of hydrogen-bond acceptors (Lipinski definition) is 4. The molecule has 12 heteroatoms. The number of anilines is 1. The van der Waals surface area contributed by atoms with Gasteiger partial charge in [-0.15, -0.1) is 10.2 Å². The van der Waals surface area contributed by atoms with Gasteiger partial charge in [-0.1, -0.05) is 25.4 Å². The van der Waals surface area contributed by atoms with Crippen LogP contribution in [0, 0.1) is 0 Å². The fourth-order valence-electron chi connectivity index (χ4n) is 1.57. The number of amides is 1. The van der Waals surface area contributed by atoms with E-state index in [1.54, 1.807) is 22.7 Å². The van der Waals surface area contributed by atoms with Crippen molar-refractivity contribution in [3.05, 3.63) is 24.2 Å². The van der Waals surface area contributed by atoms with E-state index >= 15 is 0 Å². The number of nitrogens with one attached hydrogen (secondary N) is 1. The Morgan fingerprint density at radius 3 is 2.28 bits per heavy atom. The lowest BCUT2D eigenvalue weighted by Gasteiger charge is -2.07. The van der Waals surface area contributed by atoms with E-state index in [1.807, 2.05) is 13.8 Å². The van der Waals surface area contributed by atoms with E-state index in [0.717, 1.165) is 5.82 Å². The second kappa shape index (κ2) is 8.10. The molecule has 2 heterocycles. The fourth-order valence-corrected chi connectivity index (χ4v) is 1.63. The smallest absolute Gasteiger partial charge is 0.475 e. The third-order valence-electron chi connectivity index (χ3n) is 2.65. The number of aliphatic carboxylic acids is 1. The Morgan fingerprint density at radius 2 is 1.84 bits per heavy atom. The molecule has 0 radical (unpaired) electrons. The van der Waals surface area contributed by atoms with Gasteiger partial charge in [-0.25, -0.2) is 9.18 Å². The molecule has 1 unspecified atom stereocenters. The highest BCUT2D eigenvalue weighted by Gasteiger charge is 2.38. The van der Waals surface area contributed by atoms with Crippen LogP contribution in [0.15, 0.2) is 18.3 Å².